The van der Waals surface area contributed by atoms with Crippen LogP contribution < -0.4 is 0 Å². The van der Waals surface area contributed by atoms with Crippen molar-refractivity contribution in [3.63, 3.8) is 0 Å². The van der Waals surface area contributed by atoms with Crippen LogP contribution in [0.5, 0.6) is 0 Å². The number of hydrogen-bond acceptors (Lipinski definition) is 3. The fraction of sp³-hybridized carbons (Fsp3) is 0.273. The highest BCUT2D eigenvalue weighted by Crippen LogP contribution is 2.32. The number of rotatable bonds is 5. The van der Waals surface area contributed by atoms with Crippen LogP contribution in [0.3, 0.4) is 0 Å². The molecule has 0 aromatic heterocycles. The van der Waals surface area contributed by atoms with E-state index in [0.717, 1.165) is 0 Å². The lowest BCUT2D eigenvalue weighted by molar-refractivity contribution is -0.144. The van der Waals surface area contributed by atoms with Crippen molar-refractivity contribution in [1.82, 2.24) is 4.90 Å². The van der Waals surface area contributed by atoms with Crippen molar-refractivity contribution < 1.29 is 23.1 Å². The van der Waals surface area contributed by atoms with Gasteiger partial charge in [-0.2, -0.15) is 0 Å². The Hall–Kier alpha value is -3.02. The maximum atomic E-state index is 14.3. The number of allylic oxidation sites excluding steroid dienone is 1. The topological polar surface area (TPSA) is 46.6 Å². The zero-order valence-corrected chi connectivity index (χ0v) is 16.0. The van der Waals surface area contributed by atoms with E-state index in [1.807, 2.05) is 0 Å². The first-order valence-corrected chi connectivity index (χ1v) is 8.89. The number of aldehydes is 1. The first-order chi connectivity index (χ1) is 13.3. The van der Waals surface area contributed by atoms with Crippen LogP contribution >= 0.6 is 0 Å². The number of benzene rings is 2. The Morgan fingerprint density at radius 2 is 1.86 bits per heavy atom. The normalized spacial score (nSPS) is 16.6. The molecule has 0 spiro atoms. The van der Waals surface area contributed by atoms with Crippen molar-refractivity contribution >= 4 is 17.8 Å². The Balaban J connectivity index is 1.97. The summed E-state index contributed by atoms with van der Waals surface area (Å²) in [4.78, 5) is 26.5. The second-order valence-corrected chi connectivity index (χ2v) is 7.15. The third-order valence-electron chi connectivity index (χ3n) is 5.02. The predicted molar refractivity (Wildman–Crippen MR) is 101 cm³/mol. The molecule has 0 saturated carbocycles. The largest absolute Gasteiger partial charge is 0.477 e. The van der Waals surface area contributed by atoms with Crippen LogP contribution in [0.4, 0.5) is 8.78 Å². The molecule has 1 unspecified atom stereocenters. The average molecular weight is 385 g/mol. The van der Waals surface area contributed by atoms with Gasteiger partial charge in [0, 0.05) is 12.0 Å². The molecular formula is C22H21F2NO3. The van der Waals surface area contributed by atoms with Crippen molar-refractivity contribution in [1.29, 1.82) is 0 Å². The van der Waals surface area contributed by atoms with Crippen LogP contribution in [-0.4, -0.2) is 29.4 Å². The van der Waals surface area contributed by atoms with Gasteiger partial charge >= 0.3 is 0 Å². The molecule has 6 heteroatoms. The Bertz CT molecular complexity index is 970. The van der Waals surface area contributed by atoms with Crippen LogP contribution in [-0.2, 0) is 20.7 Å². The lowest BCUT2D eigenvalue weighted by Crippen LogP contribution is -2.55. The van der Waals surface area contributed by atoms with Crippen molar-refractivity contribution in [3.8, 4) is 0 Å². The number of hydrogen-bond donors (Lipinski definition) is 0. The molecule has 2 aromatic rings. The Morgan fingerprint density at radius 3 is 2.50 bits per heavy atom. The molecule has 0 fully saturated rings. The molecule has 0 bridgehead atoms. The summed E-state index contributed by atoms with van der Waals surface area (Å²) in [5.74, 6) is -1.06. The van der Waals surface area contributed by atoms with E-state index in [0.29, 0.717) is 23.2 Å². The molecule has 0 radical (unpaired) electrons. The first kappa shape index (κ1) is 19.7. The van der Waals surface area contributed by atoms with Gasteiger partial charge in [0.1, 0.15) is 29.2 Å². The van der Waals surface area contributed by atoms with Crippen LogP contribution in [0.2, 0.25) is 0 Å². The lowest BCUT2D eigenvalue weighted by Gasteiger charge is -2.40. The van der Waals surface area contributed by atoms with E-state index < -0.39 is 17.3 Å². The summed E-state index contributed by atoms with van der Waals surface area (Å²) in [5.41, 5.74) is 0.140. The second kappa shape index (κ2) is 7.54. The second-order valence-electron chi connectivity index (χ2n) is 7.15. The molecular weight excluding hydrogens is 364 g/mol. The Kier molecular flexibility index (Phi) is 5.31. The predicted octanol–water partition coefficient (Wildman–Crippen LogP) is 4.02. The van der Waals surface area contributed by atoms with Gasteiger partial charge in [-0.25, -0.2) is 8.78 Å². The summed E-state index contributed by atoms with van der Waals surface area (Å²) in [6.45, 7) is 4.71. The van der Waals surface area contributed by atoms with E-state index in [1.165, 1.54) is 29.2 Å². The highest BCUT2D eigenvalue weighted by molar-refractivity contribution is 6.21. The molecule has 0 saturated heterocycles. The van der Waals surface area contributed by atoms with Crippen LogP contribution in [0, 0.1) is 18.6 Å². The van der Waals surface area contributed by atoms with Crippen molar-refractivity contribution in [3.05, 3.63) is 76.5 Å². The SMILES string of the molecule is CC1=C(c2ccccc2F)C(=O)N(C(C)(C=O)Cc2ccc(F)c(C)c2)CO1. The number of ether oxygens (including phenoxy) is 1. The van der Waals surface area contributed by atoms with E-state index in [4.69, 9.17) is 4.74 Å². The van der Waals surface area contributed by atoms with Crippen molar-refractivity contribution in [2.45, 2.75) is 32.7 Å². The molecule has 1 amide bonds. The first-order valence-electron chi connectivity index (χ1n) is 8.89. The van der Waals surface area contributed by atoms with Gasteiger partial charge < -0.3 is 9.53 Å². The molecule has 4 nitrogen and oxygen atoms in total. The maximum absolute atomic E-state index is 14.3. The van der Waals surface area contributed by atoms with E-state index in [1.54, 1.807) is 39.0 Å². The van der Waals surface area contributed by atoms with Gasteiger partial charge in [-0.15, -0.1) is 0 Å². The summed E-state index contributed by atoms with van der Waals surface area (Å²) < 4.78 is 33.5. The van der Waals surface area contributed by atoms with Crippen molar-refractivity contribution in [2.24, 2.45) is 0 Å². The monoisotopic (exact) mass is 385 g/mol. The quantitative estimate of drug-likeness (QED) is 0.731. The van der Waals surface area contributed by atoms with Crippen LogP contribution in [0.1, 0.15) is 30.5 Å². The van der Waals surface area contributed by atoms with Gasteiger partial charge in [0.25, 0.3) is 5.91 Å². The van der Waals surface area contributed by atoms with E-state index in [-0.39, 0.29) is 30.1 Å². The van der Waals surface area contributed by atoms with E-state index in [2.05, 4.69) is 0 Å². The number of aryl methyl sites for hydroxylation is 1. The van der Waals surface area contributed by atoms with Gasteiger partial charge in [0.15, 0.2) is 6.73 Å². The summed E-state index contributed by atoms with van der Waals surface area (Å²) in [6, 6.07) is 10.5. The minimum absolute atomic E-state index is 0.0905. The minimum Gasteiger partial charge on any atom is -0.477 e. The average Bonchev–Trinajstić information content (AvgIpc) is 2.66. The highest BCUT2D eigenvalue weighted by atomic mass is 19.1. The number of halogens is 2. The number of carbonyl (C=O) groups is 2. The van der Waals surface area contributed by atoms with Gasteiger partial charge in [-0.3, -0.25) is 9.69 Å². The fourth-order valence-corrected chi connectivity index (χ4v) is 3.36. The number of nitrogens with zero attached hydrogens (tertiary/aromatic N) is 1. The highest BCUT2D eigenvalue weighted by Gasteiger charge is 2.41. The molecule has 2 aromatic carbocycles. The zero-order valence-electron chi connectivity index (χ0n) is 16.0. The Labute approximate surface area is 162 Å². The molecule has 0 N–H and O–H groups in total. The fourth-order valence-electron chi connectivity index (χ4n) is 3.36. The smallest absolute Gasteiger partial charge is 0.261 e. The standard InChI is InChI=1S/C22H21F2NO3/c1-14-10-16(8-9-18(14)23)11-22(3,12-26)25-13-28-15(2)20(21(25)27)17-6-4-5-7-19(17)24/h4-10,12H,11,13H2,1-3H3. The maximum Gasteiger partial charge on any atom is 0.261 e. The van der Waals surface area contributed by atoms with Gasteiger partial charge in [0.05, 0.1) is 5.57 Å². The molecule has 146 valence electrons. The lowest BCUT2D eigenvalue weighted by atomic mass is 9.90. The Morgan fingerprint density at radius 1 is 1.14 bits per heavy atom. The third-order valence-corrected chi connectivity index (χ3v) is 5.02. The third kappa shape index (κ3) is 3.54. The molecule has 1 aliphatic heterocycles. The summed E-state index contributed by atoms with van der Waals surface area (Å²) >= 11 is 0. The van der Waals surface area contributed by atoms with E-state index >= 15 is 0 Å². The minimum atomic E-state index is -1.24. The van der Waals surface area contributed by atoms with E-state index in [9.17, 15) is 18.4 Å². The van der Waals surface area contributed by atoms with Gasteiger partial charge in [-0.1, -0.05) is 30.3 Å². The number of amides is 1. The molecule has 1 heterocycles. The molecule has 28 heavy (non-hydrogen) atoms. The molecule has 0 aliphatic carbocycles. The summed E-state index contributed by atoms with van der Waals surface area (Å²) in [5, 5.41) is 0. The van der Waals surface area contributed by atoms with Gasteiger partial charge in [0.2, 0.25) is 0 Å². The molecule has 1 atom stereocenters. The van der Waals surface area contributed by atoms with Crippen LogP contribution in [0.25, 0.3) is 5.57 Å². The van der Waals surface area contributed by atoms with Crippen LogP contribution in [0.15, 0.2) is 48.2 Å². The zero-order chi connectivity index (χ0) is 20.5. The number of carbonyl (C=O) groups excluding carboxylic acids is 2. The summed E-state index contributed by atoms with van der Waals surface area (Å²) in [7, 11) is 0. The van der Waals surface area contributed by atoms with Gasteiger partial charge in [-0.05, 0) is 44.0 Å². The molecule has 1 aliphatic rings. The molecule has 3 rings (SSSR count). The summed E-state index contributed by atoms with van der Waals surface area (Å²) in [6.07, 6.45) is 0.850. The van der Waals surface area contributed by atoms with Crippen molar-refractivity contribution in [2.75, 3.05) is 6.73 Å².